The summed E-state index contributed by atoms with van der Waals surface area (Å²) in [7, 11) is -0.0443. The molecule has 2 aliphatic rings. The number of nitrogens with zero attached hydrogens (tertiary/aromatic N) is 3. The van der Waals surface area contributed by atoms with Gasteiger partial charge in [-0.15, -0.1) is 0 Å². The van der Waals surface area contributed by atoms with Gasteiger partial charge in [0.05, 0.1) is 32.3 Å². The molecule has 4 atom stereocenters. The van der Waals surface area contributed by atoms with Crippen molar-refractivity contribution in [2.24, 2.45) is 0 Å². The third-order valence-electron chi connectivity index (χ3n) is 9.20. The van der Waals surface area contributed by atoms with Gasteiger partial charge >= 0.3 is 5.69 Å². The molecule has 280 valence electrons. The second-order valence-corrected chi connectivity index (χ2v) is 15.2. The Bertz CT molecular complexity index is 2020. The van der Waals surface area contributed by atoms with E-state index in [0.717, 1.165) is 21.3 Å². The van der Waals surface area contributed by atoms with Crippen LogP contribution < -0.4 is 20.5 Å². The zero-order chi connectivity index (χ0) is 37.8. The molecule has 0 bridgehead atoms. The maximum atomic E-state index is 13.3. The number of carbonyl (C=O) groups is 1. The summed E-state index contributed by atoms with van der Waals surface area (Å²) < 4.78 is 55.7. The van der Waals surface area contributed by atoms with Gasteiger partial charge in [-0.2, -0.15) is 4.98 Å². The van der Waals surface area contributed by atoms with Crippen molar-refractivity contribution in [2.75, 3.05) is 50.7 Å². The van der Waals surface area contributed by atoms with E-state index in [0.29, 0.717) is 11.5 Å². The van der Waals surface area contributed by atoms with E-state index in [-0.39, 0.29) is 42.2 Å². The van der Waals surface area contributed by atoms with Crippen LogP contribution in [0.1, 0.15) is 29.8 Å². The first kappa shape index (κ1) is 37.9. The monoisotopic (exact) mass is 764 g/mol. The van der Waals surface area contributed by atoms with Gasteiger partial charge in [0.15, 0.2) is 22.2 Å². The first-order valence-corrected chi connectivity index (χ1v) is 19.0. The van der Waals surface area contributed by atoms with Crippen molar-refractivity contribution < 1.29 is 42.0 Å². The molecule has 16 heteroatoms. The third-order valence-corrected chi connectivity index (χ3v) is 11.2. The number of anilines is 1. The second-order valence-electron chi connectivity index (χ2n) is 12.5. The molecule has 0 radical (unpaired) electrons. The van der Waals surface area contributed by atoms with Crippen molar-refractivity contribution in [1.29, 1.82) is 0 Å². The van der Waals surface area contributed by atoms with Crippen LogP contribution in [-0.4, -0.2) is 103 Å². The fourth-order valence-electron chi connectivity index (χ4n) is 6.43. The zero-order valence-electron chi connectivity index (χ0n) is 29.3. The van der Waals surface area contributed by atoms with E-state index in [4.69, 9.17) is 35.9 Å². The van der Waals surface area contributed by atoms with Gasteiger partial charge in [-0.1, -0.05) is 54.6 Å². The Morgan fingerprint density at radius 1 is 0.943 bits per heavy atom. The Hall–Kier alpha value is -4.87. The molecule has 4 aromatic rings. The SMILES string of the molecule is COc1ccc(C(OC[C@H]2O[C@@H](n3ccc(NC(C)=O)nc3=O)C(OC(=S)N3CCS(=O)(=O)CC3)C2O)(c2ccccc2)c2ccc(OC)cc2)cc1. The van der Waals surface area contributed by atoms with E-state index in [1.54, 1.807) is 19.1 Å². The summed E-state index contributed by atoms with van der Waals surface area (Å²) in [5.74, 6) is 0.706. The molecule has 2 saturated heterocycles. The van der Waals surface area contributed by atoms with Crippen LogP contribution in [0.15, 0.2) is 95.9 Å². The zero-order valence-corrected chi connectivity index (χ0v) is 30.9. The summed E-state index contributed by atoms with van der Waals surface area (Å²) in [5, 5.41) is 14.3. The second kappa shape index (κ2) is 16.0. The number of hydrogen-bond donors (Lipinski definition) is 2. The Balaban J connectivity index is 1.37. The summed E-state index contributed by atoms with van der Waals surface area (Å²) in [4.78, 5) is 30.5. The highest BCUT2D eigenvalue weighted by atomic mass is 32.2. The Labute approximate surface area is 312 Å². The molecule has 2 unspecified atom stereocenters. The predicted octanol–water partition coefficient (Wildman–Crippen LogP) is 2.89. The number of nitrogens with one attached hydrogen (secondary N) is 1. The number of aliphatic hydroxyl groups excluding tert-OH is 1. The van der Waals surface area contributed by atoms with E-state index in [1.807, 2.05) is 78.9 Å². The molecule has 14 nitrogen and oxygen atoms in total. The van der Waals surface area contributed by atoms with E-state index >= 15 is 0 Å². The number of methoxy groups -OCH3 is 2. The molecule has 3 heterocycles. The predicted molar refractivity (Wildman–Crippen MR) is 199 cm³/mol. The van der Waals surface area contributed by atoms with Crippen molar-refractivity contribution in [1.82, 2.24) is 14.5 Å². The van der Waals surface area contributed by atoms with Crippen molar-refractivity contribution in [2.45, 2.75) is 37.1 Å². The molecule has 6 rings (SSSR count). The lowest BCUT2D eigenvalue weighted by Gasteiger charge is -2.37. The Kier molecular flexibility index (Phi) is 11.4. The molecule has 0 spiro atoms. The number of benzene rings is 3. The average Bonchev–Trinajstić information content (AvgIpc) is 3.46. The topological polar surface area (TPSA) is 168 Å². The van der Waals surface area contributed by atoms with Gasteiger partial charge < -0.3 is 39.0 Å². The fraction of sp³-hybridized carbons (Fsp3) is 0.351. The van der Waals surface area contributed by atoms with Crippen LogP contribution in [0, 0.1) is 0 Å². The number of aromatic nitrogens is 2. The molecule has 53 heavy (non-hydrogen) atoms. The summed E-state index contributed by atoms with van der Waals surface area (Å²) in [6.45, 7) is 1.31. The molecule has 3 aromatic carbocycles. The van der Waals surface area contributed by atoms with Crippen LogP contribution >= 0.6 is 12.2 Å². The van der Waals surface area contributed by atoms with Crippen LogP contribution in [0.3, 0.4) is 0 Å². The highest BCUT2D eigenvalue weighted by molar-refractivity contribution is 7.91. The number of thiocarbonyl (C=S) groups is 1. The van der Waals surface area contributed by atoms with Crippen molar-refractivity contribution in [3.05, 3.63) is 118 Å². The van der Waals surface area contributed by atoms with Crippen LogP contribution in [0.4, 0.5) is 5.82 Å². The summed E-state index contributed by atoms with van der Waals surface area (Å²) in [6.07, 6.45) is -3.58. The Morgan fingerprint density at radius 2 is 1.51 bits per heavy atom. The molecule has 0 saturated carbocycles. The summed E-state index contributed by atoms with van der Waals surface area (Å²) >= 11 is 5.58. The standard InChI is InChI=1S/C37H40N4O10S2/c1-24(42)38-31-17-18-41(35(44)39-31)34-33(51-36(52)40-19-21-53(45,46)22-20-40)32(43)30(50-34)23-49-37(25-7-5-4-6-8-25,26-9-13-28(47-2)14-10-26)27-11-15-29(48-3)16-12-27/h4-18,30,32-34,43H,19-23H2,1-3H3,(H,38,39,42,44)/t30-,32?,33?,34-/m1/s1. The van der Waals surface area contributed by atoms with Gasteiger partial charge in [0.2, 0.25) is 5.91 Å². The first-order valence-electron chi connectivity index (χ1n) is 16.8. The van der Waals surface area contributed by atoms with E-state index in [2.05, 4.69) is 10.3 Å². The van der Waals surface area contributed by atoms with E-state index in [1.165, 1.54) is 19.2 Å². The maximum absolute atomic E-state index is 13.3. The number of aliphatic hydroxyl groups is 1. The molecule has 1 aromatic heterocycles. The van der Waals surface area contributed by atoms with Crippen LogP contribution in [0.2, 0.25) is 0 Å². The smallest absolute Gasteiger partial charge is 0.351 e. The lowest BCUT2D eigenvalue weighted by atomic mass is 9.80. The maximum Gasteiger partial charge on any atom is 0.351 e. The number of rotatable bonds is 11. The van der Waals surface area contributed by atoms with Gasteiger partial charge in [-0.25, -0.2) is 13.2 Å². The quantitative estimate of drug-likeness (QED) is 0.169. The van der Waals surface area contributed by atoms with Crippen molar-refractivity contribution in [3.63, 3.8) is 0 Å². The Morgan fingerprint density at radius 3 is 2.04 bits per heavy atom. The van der Waals surface area contributed by atoms with Crippen molar-refractivity contribution >= 4 is 39.0 Å². The van der Waals surface area contributed by atoms with Crippen LogP contribution in [-0.2, 0) is 34.4 Å². The molecular weight excluding hydrogens is 725 g/mol. The number of hydrogen-bond acceptors (Lipinski definition) is 12. The average molecular weight is 765 g/mol. The van der Waals surface area contributed by atoms with Gasteiger partial charge in [-0.05, 0) is 59.2 Å². The normalized spacial score (nSPS) is 21.1. The lowest BCUT2D eigenvalue weighted by molar-refractivity contribution is -0.114. The molecule has 1 amide bonds. The van der Waals surface area contributed by atoms with E-state index in [9.17, 15) is 23.1 Å². The van der Waals surface area contributed by atoms with Crippen LogP contribution in [0.25, 0.3) is 0 Å². The summed E-state index contributed by atoms with van der Waals surface area (Å²) in [5.41, 5.74) is 0.254. The molecule has 0 aliphatic carbocycles. The molecule has 2 N–H and O–H groups in total. The number of carbonyl (C=O) groups excluding carboxylic acids is 1. The highest BCUT2D eigenvalue weighted by Crippen LogP contribution is 2.43. The minimum Gasteiger partial charge on any atom is -0.497 e. The highest BCUT2D eigenvalue weighted by Gasteiger charge is 2.49. The van der Waals surface area contributed by atoms with Gasteiger partial charge in [0.25, 0.3) is 5.17 Å². The number of sulfone groups is 1. The fourth-order valence-corrected chi connectivity index (χ4v) is 7.93. The van der Waals surface area contributed by atoms with Gasteiger partial charge in [0, 0.05) is 26.2 Å². The molecular formula is C37H40N4O10S2. The minimum atomic E-state index is -3.21. The number of amides is 1. The first-order chi connectivity index (χ1) is 25.4. The largest absolute Gasteiger partial charge is 0.497 e. The lowest BCUT2D eigenvalue weighted by Crippen LogP contribution is -2.47. The van der Waals surface area contributed by atoms with Gasteiger partial charge in [-0.3, -0.25) is 9.36 Å². The molecule has 2 fully saturated rings. The van der Waals surface area contributed by atoms with E-state index < -0.39 is 51.6 Å². The summed E-state index contributed by atoms with van der Waals surface area (Å²) in [6, 6.07) is 25.9. The molecule has 2 aliphatic heterocycles. The van der Waals surface area contributed by atoms with Gasteiger partial charge in [0.1, 0.15) is 35.1 Å². The van der Waals surface area contributed by atoms with Crippen LogP contribution in [0.5, 0.6) is 11.5 Å². The third kappa shape index (κ3) is 8.21. The number of ether oxygens (including phenoxy) is 5. The minimum absolute atomic E-state index is 0.0336. The van der Waals surface area contributed by atoms with Crippen molar-refractivity contribution in [3.8, 4) is 11.5 Å².